The fourth-order valence-electron chi connectivity index (χ4n) is 4.13. The zero-order valence-corrected chi connectivity index (χ0v) is 21.4. The molecule has 2 aliphatic rings. The molecule has 0 aliphatic carbocycles. The molecule has 2 aromatic rings. The molecule has 2 aliphatic heterocycles. The number of nitrogens with zero attached hydrogens (tertiary/aromatic N) is 5. The average Bonchev–Trinajstić information content (AvgIpc) is 2.87. The van der Waals surface area contributed by atoms with E-state index in [9.17, 15) is 29.4 Å². The van der Waals surface area contributed by atoms with E-state index < -0.39 is 40.1 Å². The molecule has 3 atom stereocenters. The van der Waals surface area contributed by atoms with Crippen molar-refractivity contribution in [3.63, 3.8) is 0 Å². The van der Waals surface area contributed by atoms with Gasteiger partial charge in [-0.25, -0.2) is 0 Å². The Morgan fingerprint density at radius 1 is 1.31 bits per heavy atom. The molecule has 0 radical (unpaired) electrons. The van der Waals surface area contributed by atoms with Gasteiger partial charge in [-0.05, 0) is 31.2 Å². The van der Waals surface area contributed by atoms with Gasteiger partial charge in [-0.3, -0.25) is 28.6 Å². The summed E-state index contributed by atoms with van der Waals surface area (Å²) in [5.74, 6) is -2.48. The van der Waals surface area contributed by atoms with E-state index >= 15 is 0 Å². The summed E-state index contributed by atoms with van der Waals surface area (Å²) in [6.45, 7) is 1.53. The molecule has 192 valence electrons. The molecule has 0 spiro atoms. The van der Waals surface area contributed by atoms with Gasteiger partial charge in [0.25, 0.3) is 5.88 Å². The van der Waals surface area contributed by atoms with Crippen LogP contribution in [0, 0.1) is 5.41 Å². The van der Waals surface area contributed by atoms with Crippen LogP contribution >= 0.6 is 35.1 Å². The van der Waals surface area contributed by atoms with Crippen LogP contribution < -0.4 is 16.2 Å². The molecule has 3 heterocycles. The number of benzene rings is 1. The lowest BCUT2D eigenvalue weighted by molar-refractivity contribution is -0.156. The highest BCUT2D eigenvalue weighted by atomic mass is 35.5. The zero-order chi connectivity index (χ0) is 26.2. The molecule has 0 bridgehead atoms. The van der Waals surface area contributed by atoms with Gasteiger partial charge >= 0.3 is 11.5 Å². The molecule has 4 N–H and O–H groups in total. The fraction of sp³-hybridized carbons (Fsp3) is 0.429. The number of nitrogens with two attached hydrogens (primary N) is 1. The lowest BCUT2D eigenvalue weighted by Gasteiger charge is -2.56. The summed E-state index contributed by atoms with van der Waals surface area (Å²) < 4.78 is 1.20. The smallest absolute Gasteiger partial charge is 0.316 e. The number of aliphatic carboxylic acids is 1. The summed E-state index contributed by atoms with van der Waals surface area (Å²) in [7, 11) is 0. The average molecular weight is 555 g/mol. The number of aromatic hydroxyl groups is 1. The number of halogens is 1. The second-order valence-electron chi connectivity index (χ2n) is 8.29. The zero-order valence-electron chi connectivity index (χ0n) is 19.0. The topological polar surface area (TPSA) is 172 Å². The maximum absolute atomic E-state index is 13.2. The second-order valence-corrected chi connectivity index (χ2v) is 10.8. The molecular formula is C21H23ClN6O6S2. The van der Waals surface area contributed by atoms with Crippen molar-refractivity contribution in [1.29, 1.82) is 0 Å². The van der Waals surface area contributed by atoms with E-state index in [2.05, 4.69) is 10.2 Å². The minimum Gasteiger partial charge on any atom is -0.488 e. The number of carboxylic acids is 1. The van der Waals surface area contributed by atoms with E-state index in [0.717, 1.165) is 11.8 Å². The fourth-order valence-corrected chi connectivity index (χ4v) is 7.16. The number of β-lactam (4-membered cyclic amide) rings is 1. The highest BCUT2D eigenvalue weighted by molar-refractivity contribution is 8.00. The normalized spacial score (nSPS) is 23.1. The van der Waals surface area contributed by atoms with Gasteiger partial charge in [0.05, 0.1) is 6.54 Å². The van der Waals surface area contributed by atoms with Crippen LogP contribution in [0.2, 0.25) is 5.02 Å². The molecule has 2 unspecified atom stereocenters. The molecule has 2 amide bonds. The molecule has 0 saturated carbocycles. The van der Waals surface area contributed by atoms with Crippen LogP contribution in [0.1, 0.15) is 6.92 Å². The second kappa shape index (κ2) is 10.3. The summed E-state index contributed by atoms with van der Waals surface area (Å²) >= 11 is 8.26. The van der Waals surface area contributed by atoms with Gasteiger partial charge in [0.2, 0.25) is 11.8 Å². The molecule has 15 heteroatoms. The van der Waals surface area contributed by atoms with E-state index in [1.165, 1.54) is 26.1 Å². The van der Waals surface area contributed by atoms with Crippen LogP contribution in [-0.4, -0.2) is 83.7 Å². The van der Waals surface area contributed by atoms with Gasteiger partial charge in [-0.1, -0.05) is 23.4 Å². The molecule has 1 aromatic carbocycles. The number of anilines is 1. The summed E-state index contributed by atoms with van der Waals surface area (Å²) in [5, 5.41) is 27.1. The number of carbonyl (C=O) groups is 3. The minimum atomic E-state index is -1.33. The number of carbonyl (C=O) groups excluding carboxylic acids is 2. The summed E-state index contributed by atoms with van der Waals surface area (Å²) in [6.07, 6.45) is 0. The maximum Gasteiger partial charge on any atom is 0.316 e. The van der Waals surface area contributed by atoms with Crippen LogP contribution in [0.25, 0.3) is 0 Å². The summed E-state index contributed by atoms with van der Waals surface area (Å²) in [5.41, 5.74) is 4.04. The van der Waals surface area contributed by atoms with E-state index in [0.29, 0.717) is 10.7 Å². The molecule has 2 saturated heterocycles. The number of hydrogen-bond donors (Lipinski definition) is 3. The summed E-state index contributed by atoms with van der Waals surface area (Å²) in [6, 6.07) is 5.65. The number of thioether (sulfide) groups is 2. The third-order valence-corrected chi connectivity index (χ3v) is 9.17. The van der Waals surface area contributed by atoms with Gasteiger partial charge in [0.15, 0.2) is 5.16 Å². The number of amides is 2. The predicted octanol–water partition coefficient (Wildman–Crippen LogP) is 0.456. The SMILES string of the molecule is CCn1c(SCC2(C(=O)O)CS[C@@H]3C(N(C(=O)CN)c4ccc(Cl)cc4)C(=O)N3C2)nnc(O)c1=O. The van der Waals surface area contributed by atoms with Crippen LogP contribution in [0.4, 0.5) is 5.69 Å². The molecule has 36 heavy (non-hydrogen) atoms. The van der Waals surface area contributed by atoms with Crippen LogP contribution in [0.3, 0.4) is 0 Å². The molecule has 1 aromatic heterocycles. The van der Waals surface area contributed by atoms with Crippen molar-refractivity contribution in [2.75, 3.05) is 29.5 Å². The van der Waals surface area contributed by atoms with Crippen molar-refractivity contribution in [2.45, 2.75) is 30.0 Å². The first-order chi connectivity index (χ1) is 17.1. The maximum atomic E-state index is 13.2. The number of aromatic nitrogens is 3. The third kappa shape index (κ3) is 4.53. The number of carboxylic acid groups (broad SMARTS) is 1. The highest BCUT2D eigenvalue weighted by Gasteiger charge is 2.59. The standard InChI is InChI=1S/C21H23ClN6O6S2/c1-2-26-17(32)15(30)24-25-20(26)36-10-21(19(33)34)8-27-16(31)14(18(27)35-9-21)28(13(29)7-23)12-5-3-11(22)4-6-12/h3-6,14,18H,2,7-10,23H2,1H3,(H,24,30)(H,33,34)/t14?,18-,21?/m1/s1. The Bertz CT molecular complexity index is 1260. The van der Waals surface area contributed by atoms with E-state index in [1.54, 1.807) is 31.2 Å². The van der Waals surface area contributed by atoms with Gasteiger partial charge < -0.3 is 20.8 Å². The van der Waals surface area contributed by atoms with Crippen molar-refractivity contribution in [3.05, 3.63) is 39.6 Å². The first-order valence-corrected chi connectivity index (χ1v) is 13.3. The van der Waals surface area contributed by atoms with Gasteiger partial charge in [0, 0.05) is 35.3 Å². The Morgan fingerprint density at radius 2 is 2.00 bits per heavy atom. The molecule has 4 rings (SSSR count). The quantitative estimate of drug-likeness (QED) is 0.305. The first kappa shape index (κ1) is 26.3. The van der Waals surface area contributed by atoms with Gasteiger partial charge in [-0.15, -0.1) is 22.0 Å². The van der Waals surface area contributed by atoms with Crippen LogP contribution in [-0.2, 0) is 20.9 Å². The van der Waals surface area contributed by atoms with Gasteiger partial charge in [0.1, 0.15) is 16.8 Å². The van der Waals surface area contributed by atoms with Crippen molar-refractivity contribution in [1.82, 2.24) is 19.7 Å². The molecule has 2 fully saturated rings. The van der Waals surface area contributed by atoms with Crippen molar-refractivity contribution in [2.24, 2.45) is 11.1 Å². The van der Waals surface area contributed by atoms with Crippen molar-refractivity contribution < 1.29 is 24.6 Å². The lowest BCUT2D eigenvalue weighted by atomic mass is 9.89. The number of rotatable bonds is 8. The largest absolute Gasteiger partial charge is 0.488 e. The Hall–Kier alpha value is -2.81. The summed E-state index contributed by atoms with van der Waals surface area (Å²) in [4.78, 5) is 53.2. The van der Waals surface area contributed by atoms with Crippen molar-refractivity contribution in [3.8, 4) is 5.88 Å². The third-order valence-electron chi connectivity index (χ3n) is 6.09. The highest BCUT2D eigenvalue weighted by Crippen LogP contribution is 2.46. The van der Waals surface area contributed by atoms with Crippen LogP contribution in [0.5, 0.6) is 5.88 Å². The number of hydrogen-bond acceptors (Lipinski definition) is 10. The Labute approximate surface area is 218 Å². The Balaban J connectivity index is 1.55. The monoisotopic (exact) mass is 554 g/mol. The minimum absolute atomic E-state index is 0.0119. The van der Waals surface area contributed by atoms with E-state index in [-0.39, 0.29) is 42.2 Å². The first-order valence-electron chi connectivity index (χ1n) is 10.9. The lowest BCUT2D eigenvalue weighted by Crippen LogP contribution is -2.75. The number of fused-ring (bicyclic) bond motifs is 1. The Morgan fingerprint density at radius 3 is 2.61 bits per heavy atom. The predicted molar refractivity (Wildman–Crippen MR) is 134 cm³/mol. The van der Waals surface area contributed by atoms with E-state index in [4.69, 9.17) is 17.3 Å². The van der Waals surface area contributed by atoms with Crippen LogP contribution in [0.15, 0.2) is 34.2 Å². The Kier molecular flexibility index (Phi) is 7.50. The molecule has 12 nitrogen and oxygen atoms in total. The van der Waals surface area contributed by atoms with E-state index in [1.807, 2.05) is 0 Å². The molecular weight excluding hydrogens is 532 g/mol. The van der Waals surface area contributed by atoms with Gasteiger partial charge in [-0.2, -0.15) is 0 Å². The van der Waals surface area contributed by atoms with Crippen molar-refractivity contribution >= 4 is 58.6 Å².